The Kier molecular flexibility index (Phi) is 17.3. The first-order valence-electron chi connectivity index (χ1n) is 32.2. The van der Waals surface area contributed by atoms with Gasteiger partial charge in [-0.2, -0.15) is 0 Å². The minimum atomic E-state index is -0.305. The monoisotopic (exact) mass is 1360 g/mol. The number of nitro groups is 2. The third kappa shape index (κ3) is 11.9. The van der Waals surface area contributed by atoms with Gasteiger partial charge in [-0.3, -0.25) is 20.2 Å². The van der Waals surface area contributed by atoms with Crippen molar-refractivity contribution in [3.05, 3.63) is 237 Å². The molecule has 16 aromatic rings. The van der Waals surface area contributed by atoms with Gasteiger partial charge in [-0.15, -0.1) is 45.3 Å². The summed E-state index contributed by atoms with van der Waals surface area (Å²) in [6, 6.07) is 43.6. The highest BCUT2D eigenvalue weighted by atomic mass is 32.1. The lowest BCUT2D eigenvalue weighted by molar-refractivity contribution is -0.385. The molecule has 0 aliphatic heterocycles. The summed E-state index contributed by atoms with van der Waals surface area (Å²) in [5.74, 6) is 3.60. The van der Waals surface area contributed by atoms with E-state index in [1.54, 1.807) is 34.8 Å². The molecule has 0 N–H and O–H groups in total. The van der Waals surface area contributed by atoms with Crippen molar-refractivity contribution >= 4 is 147 Å². The zero-order chi connectivity index (χ0) is 69.1. The summed E-state index contributed by atoms with van der Waals surface area (Å²) in [4.78, 5) is 28.8. The highest BCUT2D eigenvalue weighted by Crippen LogP contribution is 2.49. The van der Waals surface area contributed by atoms with Crippen molar-refractivity contribution in [2.24, 2.45) is 0 Å². The summed E-state index contributed by atoms with van der Waals surface area (Å²) < 4.78 is 29.3. The van der Waals surface area contributed by atoms with Crippen molar-refractivity contribution in [1.29, 1.82) is 0 Å². The molecule has 0 saturated carbocycles. The molecular formula is C82H75N3O8S4. The normalized spacial score (nSPS) is 11.6. The Morgan fingerprint density at radius 2 is 0.619 bits per heavy atom. The lowest BCUT2D eigenvalue weighted by Gasteiger charge is -2.18. The van der Waals surface area contributed by atoms with E-state index >= 15 is 0 Å². The minimum absolute atomic E-state index is 0.178. The molecule has 97 heavy (non-hydrogen) atoms. The van der Waals surface area contributed by atoms with Crippen LogP contribution in [-0.2, 0) is 0 Å². The van der Waals surface area contributed by atoms with Gasteiger partial charge in [0.2, 0.25) is 0 Å². The number of nitro benzene ring substituents is 2. The van der Waals surface area contributed by atoms with Gasteiger partial charge in [-0.1, -0.05) is 60.7 Å². The molecule has 0 aliphatic carbocycles. The van der Waals surface area contributed by atoms with Crippen LogP contribution in [0.4, 0.5) is 17.1 Å². The van der Waals surface area contributed by atoms with Gasteiger partial charge in [0.1, 0.15) is 45.4 Å². The highest BCUT2D eigenvalue weighted by molar-refractivity contribution is 7.24. The predicted molar refractivity (Wildman–Crippen MR) is 412 cm³/mol. The smallest absolute Gasteiger partial charge is 0.274 e. The molecule has 8 aromatic carbocycles. The van der Waals surface area contributed by atoms with Crippen molar-refractivity contribution in [1.82, 2.24) is 0 Å². The Labute approximate surface area is 579 Å². The second kappa shape index (κ2) is 25.4. The van der Waals surface area contributed by atoms with E-state index in [1.165, 1.54) is 90.9 Å². The standard InChI is InChI=1S/C22H23NOS.2C20H17NO3S.C20H18OS/c1-12-7-8-16-11-19(24-18(16)9-12)22-15(4)20-14(3)17(23(5)6)10-13(2)21(20)25-22;1-10-5-6-14-9-17(24-16(14)7-10)20-13(4)18-12(3)15(21(22)23)8-11(2)19(18)25-20;1-10-5-6-14-9-17(24-16(14)7-10)19-13(4)18-11(2)8-15(21(22)23)12(3)20(18)25-19;1-11-5-8-15-10-17(21-16(15)9-11)20-14(4)18-12(2)6-7-13(3)19(18)22-20/h7-11H,1-6H3;2*5-9H,1-4H3;5-10H,1-4H3. The van der Waals surface area contributed by atoms with E-state index in [9.17, 15) is 20.2 Å². The average molecular weight is 1360 g/mol. The maximum absolute atomic E-state index is 11.3. The van der Waals surface area contributed by atoms with Crippen LogP contribution < -0.4 is 4.90 Å². The maximum Gasteiger partial charge on any atom is 0.274 e. The van der Waals surface area contributed by atoms with E-state index in [-0.39, 0.29) is 21.2 Å². The summed E-state index contributed by atoms with van der Waals surface area (Å²) in [6.07, 6.45) is 0. The minimum Gasteiger partial charge on any atom is -0.455 e. The Bertz CT molecular complexity index is 5830. The molecule has 0 unspecified atom stereocenters. The zero-order valence-corrected chi connectivity index (χ0v) is 61.1. The van der Waals surface area contributed by atoms with Gasteiger partial charge < -0.3 is 22.6 Å². The summed E-state index contributed by atoms with van der Waals surface area (Å²) >= 11 is 6.90. The lowest BCUT2D eigenvalue weighted by atomic mass is 10.0. The molecule has 0 aliphatic rings. The van der Waals surface area contributed by atoms with E-state index in [1.807, 2.05) is 95.4 Å². The molecule has 0 spiro atoms. The van der Waals surface area contributed by atoms with Crippen LogP contribution in [0.25, 0.3) is 127 Å². The topological polar surface area (TPSA) is 142 Å². The number of hydrogen-bond donors (Lipinski definition) is 0. The largest absolute Gasteiger partial charge is 0.455 e. The predicted octanol–water partition coefficient (Wildman–Crippen LogP) is 26.1. The van der Waals surface area contributed by atoms with E-state index < -0.39 is 0 Å². The lowest BCUT2D eigenvalue weighted by Crippen LogP contribution is -2.10. The van der Waals surface area contributed by atoms with Gasteiger partial charge in [-0.05, 0) is 254 Å². The number of benzene rings is 8. The second-order valence-corrected chi connectivity index (χ2v) is 30.4. The van der Waals surface area contributed by atoms with Crippen LogP contribution in [0.5, 0.6) is 0 Å². The van der Waals surface area contributed by atoms with E-state index in [4.69, 9.17) is 17.7 Å². The summed E-state index contributed by atoms with van der Waals surface area (Å²) in [7, 11) is 4.22. The van der Waals surface area contributed by atoms with Crippen molar-refractivity contribution < 1.29 is 27.5 Å². The van der Waals surface area contributed by atoms with E-state index in [0.29, 0.717) is 0 Å². The molecule has 16 rings (SSSR count). The number of fused-ring (bicyclic) bond motifs is 8. The van der Waals surface area contributed by atoms with Crippen LogP contribution in [0.2, 0.25) is 0 Å². The van der Waals surface area contributed by atoms with Crippen molar-refractivity contribution in [2.45, 2.75) is 111 Å². The Hall–Kier alpha value is -9.64. The fourth-order valence-corrected chi connectivity index (χ4v) is 18.9. The molecule has 0 amide bonds. The maximum atomic E-state index is 11.3. The average Bonchev–Trinajstić information content (AvgIpc) is 1.91. The van der Waals surface area contributed by atoms with Crippen LogP contribution in [0, 0.1) is 131 Å². The summed E-state index contributed by atoms with van der Waals surface area (Å²) in [5.41, 5.74) is 23.5. The van der Waals surface area contributed by atoms with Crippen LogP contribution >= 0.6 is 45.3 Å². The molecule has 8 heterocycles. The second-order valence-electron chi connectivity index (χ2n) is 26.3. The molecule has 0 bridgehead atoms. The van der Waals surface area contributed by atoms with Crippen LogP contribution in [0.3, 0.4) is 0 Å². The molecule has 0 radical (unpaired) electrons. The molecule has 0 fully saturated rings. The van der Waals surface area contributed by atoms with Crippen LogP contribution in [0.1, 0.15) is 89.0 Å². The highest BCUT2D eigenvalue weighted by Gasteiger charge is 2.26. The van der Waals surface area contributed by atoms with Gasteiger partial charge in [0.05, 0.1) is 29.4 Å². The van der Waals surface area contributed by atoms with Crippen molar-refractivity contribution in [2.75, 3.05) is 19.0 Å². The number of hydrogen-bond acceptors (Lipinski definition) is 13. The molecule has 8 aromatic heterocycles. The third-order valence-corrected chi connectivity index (χ3v) is 24.6. The SMILES string of the molecule is Cc1ccc2cc(-c3sc4c(C)c([N+](=O)[O-])cc(C)c4c3C)oc2c1.Cc1ccc2cc(-c3sc4c(C)cc(N(C)C)c(C)c4c3C)oc2c1.Cc1ccc2cc(-c3sc4c(C)cc([N+](=O)[O-])c(C)c4c3C)oc2c1.Cc1ccc2cc(-c3sc4c(C)ccc(C)c4c3C)oc2c1. The van der Waals surface area contributed by atoms with E-state index in [0.717, 1.165) is 131 Å². The number of aryl methyl sites for hydroxylation is 16. The number of rotatable bonds is 7. The number of anilines is 1. The first-order valence-corrected chi connectivity index (χ1v) is 35.5. The quantitative estimate of drug-likeness (QED) is 0.113. The molecule has 490 valence electrons. The van der Waals surface area contributed by atoms with Crippen LogP contribution in [-0.4, -0.2) is 23.9 Å². The van der Waals surface area contributed by atoms with Gasteiger partial charge in [0.25, 0.3) is 11.4 Å². The van der Waals surface area contributed by atoms with Gasteiger partial charge >= 0.3 is 0 Å². The Morgan fingerprint density at radius 3 is 0.990 bits per heavy atom. The molecule has 0 atom stereocenters. The van der Waals surface area contributed by atoms with Gasteiger partial charge in [-0.25, -0.2) is 0 Å². The molecule has 15 heteroatoms. The zero-order valence-electron chi connectivity index (χ0n) is 57.9. The number of nitrogens with zero attached hydrogens (tertiary/aromatic N) is 3. The van der Waals surface area contributed by atoms with E-state index in [2.05, 4.69) is 172 Å². The number of thiophene rings is 4. The summed E-state index contributed by atoms with van der Waals surface area (Å²) in [6.45, 7) is 33.1. The third-order valence-electron chi connectivity index (χ3n) is 18.8. The fraction of sp³-hybridized carbons (Fsp3) is 0.220. The Balaban J connectivity index is 0.000000117. The Morgan fingerprint density at radius 1 is 0.309 bits per heavy atom. The molecule has 11 nitrogen and oxygen atoms in total. The van der Waals surface area contributed by atoms with Crippen molar-refractivity contribution in [3.8, 4) is 42.5 Å². The van der Waals surface area contributed by atoms with Gasteiger partial charge in [0.15, 0.2) is 0 Å². The first-order chi connectivity index (χ1) is 46.1. The molecule has 0 saturated heterocycles. The van der Waals surface area contributed by atoms with Crippen molar-refractivity contribution in [3.63, 3.8) is 0 Å². The summed E-state index contributed by atoms with van der Waals surface area (Å²) in [5, 5.41) is 32.0. The fourth-order valence-electron chi connectivity index (χ4n) is 13.7. The van der Waals surface area contributed by atoms with Crippen LogP contribution in [0.15, 0.2) is 145 Å². The molecular weight excluding hydrogens is 1280 g/mol. The number of furan rings is 4. The first kappa shape index (κ1) is 66.0. The van der Waals surface area contributed by atoms with Gasteiger partial charge in [0, 0.05) is 94.2 Å².